The van der Waals surface area contributed by atoms with Gasteiger partial charge in [0.2, 0.25) is 0 Å². The molecule has 0 saturated carbocycles. The lowest BCUT2D eigenvalue weighted by molar-refractivity contribution is 0.168. The number of urea groups is 1. The van der Waals surface area contributed by atoms with Gasteiger partial charge in [-0.1, -0.05) is 0 Å². The van der Waals surface area contributed by atoms with E-state index in [0.717, 1.165) is 17.3 Å². The summed E-state index contributed by atoms with van der Waals surface area (Å²) in [5.41, 5.74) is 0. The molecule has 0 radical (unpaired) electrons. The number of hydrogen-bond donors (Lipinski definition) is 1. The van der Waals surface area contributed by atoms with Crippen molar-refractivity contribution in [1.29, 1.82) is 5.26 Å². The lowest BCUT2D eigenvalue weighted by Crippen LogP contribution is -2.45. The largest absolute Gasteiger partial charge is 0.328 e. The number of piperidine rings is 1. The summed E-state index contributed by atoms with van der Waals surface area (Å²) in [5, 5.41) is 11.6. The monoisotopic (exact) mass is 351 g/mol. The Hall–Kier alpha value is -1.68. The van der Waals surface area contributed by atoms with Crippen LogP contribution in [0.4, 0.5) is 4.79 Å². The second-order valence-electron chi connectivity index (χ2n) is 5.22. The summed E-state index contributed by atoms with van der Waals surface area (Å²) in [5.74, 6) is 1.01. The molecule has 1 aromatic rings. The molecule has 1 aliphatic rings. The quantitative estimate of drug-likeness (QED) is 0.907. The third kappa shape index (κ3) is 4.39. The van der Waals surface area contributed by atoms with Gasteiger partial charge in [0.25, 0.3) is 0 Å². The van der Waals surface area contributed by atoms with Gasteiger partial charge in [-0.05, 0) is 41.6 Å². The van der Waals surface area contributed by atoms with Crippen LogP contribution in [0.1, 0.15) is 38.1 Å². The van der Waals surface area contributed by atoms with Crippen LogP contribution in [0, 0.1) is 17.2 Å². The van der Waals surface area contributed by atoms with E-state index in [1.165, 1.54) is 0 Å². The predicted octanol–water partition coefficient (Wildman–Crippen LogP) is 2.64. The van der Waals surface area contributed by atoms with Crippen LogP contribution in [-0.4, -0.2) is 34.0 Å². The van der Waals surface area contributed by atoms with E-state index >= 15 is 0 Å². The molecule has 1 fully saturated rings. The Labute approximate surface area is 132 Å². The van der Waals surface area contributed by atoms with Crippen LogP contribution in [0.2, 0.25) is 0 Å². The molecule has 2 heterocycles. The van der Waals surface area contributed by atoms with E-state index in [9.17, 15) is 4.79 Å². The number of nitrogens with zero attached hydrogens (tertiary/aromatic N) is 4. The Morgan fingerprint density at radius 1 is 1.52 bits per heavy atom. The number of carbonyl (C=O) groups is 1. The van der Waals surface area contributed by atoms with Gasteiger partial charge < -0.3 is 10.2 Å². The lowest BCUT2D eigenvalue weighted by Gasteiger charge is -2.31. The molecule has 0 aromatic carbocycles. The second kappa shape index (κ2) is 7.36. The number of aromatic nitrogens is 2. The average Bonchev–Trinajstić information content (AvgIpc) is 2.49. The Morgan fingerprint density at radius 2 is 2.14 bits per heavy atom. The number of carbonyl (C=O) groups excluding carboxylic acids is 1. The maximum Gasteiger partial charge on any atom is 0.317 e. The molecule has 6 nitrogen and oxygen atoms in total. The van der Waals surface area contributed by atoms with Gasteiger partial charge in [0, 0.05) is 31.9 Å². The van der Waals surface area contributed by atoms with E-state index in [-0.39, 0.29) is 12.1 Å². The minimum atomic E-state index is -0.234. The topological polar surface area (TPSA) is 81.9 Å². The van der Waals surface area contributed by atoms with Crippen LogP contribution in [0.5, 0.6) is 0 Å². The molecular formula is C14H18BrN5O. The summed E-state index contributed by atoms with van der Waals surface area (Å²) in [6, 6.07) is 1.87. The second-order valence-corrected chi connectivity index (χ2v) is 6.14. The molecule has 1 N–H and O–H groups in total. The Morgan fingerprint density at radius 3 is 2.71 bits per heavy atom. The van der Waals surface area contributed by atoms with Crippen molar-refractivity contribution in [2.45, 2.75) is 32.2 Å². The first-order chi connectivity index (χ1) is 10.1. The van der Waals surface area contributed by atoms with Crippen LogP contribution in [0.15, 0.2) is 16.9 Å². The first-order valence-electron chi connectivity index (χ1n) is 7.00. The van der Waals surface area contributed by atoms with Crippen molar-refractivity contribution in [2.24, 2.45) is 5.92 Å². The maximum atomic E-state index is 12.2. The lowest BCUT2D eigenvalue weighted by atomic mass is 9.94. The molecule has 0 bridgehead atoms. The number of amides is 2. The molecule has 21 heavy (non-hydrogen) atoms. The highest BCUT2D eigenvalue weighted by molar-refractivity contribution is 9.10. The number of rotatable bonds is 3. The molecule has 1 saturated heterocycles. The zero-order valence-corrected chi connectivity index (χ0v) is 13.5. The molecule has 1 unspecified atom stereocenters. The number of likely N-dealkylation sites (tertiary alicyclic amines) is 1. The van der Waals surface area contributed by atoms with Gasteiger partial charge in [0.05, 0.1) is 16.6 Å². The molecule has 1 atom stereocenters. The zero-order chi connectivity index (χ0) is 15.2. The van der Waals surface area contributed by atoms with E-state index in [0.29, 0.717) is 31.3 Å². The molecule has 2 amide bonds. The first-order valence-corrected chi connectivity index (χ1v) is 7.79. The summed E-state index contributed by atoms with van der Waals surface area (Å²) < 4.78 is 0.810. The minimum Gasteiger partial charge on any atom is -0.328 e. The molecule has 0 aliphatic carbocycles. The number of hydrogen-bond acceptors (Lipinski definition) is 4. The number of nitrogens with one attached hydrogen (secondary N) is 1. The summed E-state index contributed by atoms with van der Waals surface area (Å²) >= 11 is 3.28. The van der Waals surface area contributed by atoms with Gasteiger partial charge in [-0.3, -0.25) is 0 Å². The summed E-state index contributed by atoms with van der Waals surface area (Å²) in [4.78, 5) is 22.4. The smallest absolute Gasteiger partial charge is 0.317 e. The molecule has 1 aliphatic heterocycles. The minimum absolute atomic E-state index is 0.0931. The standard InChI is InChI=1S/C14H18BrN5O/c1-10(13-17-8-12(15)9-18-13)19-14(21)20-6-3-11(2-5-16)4-7-20/h8-11H,2-4,6-7H2,1H3,(H,19,21). The van der Waals surface area contributed by atoms with E-state index in [4.69, 9.17) is 5.26 Å². The molecule has 2 rings (SSSR count). The normalized spacial score (nSPS) is 17.1. The van der Waals surface area contributed by atoms with Gasteiger partial charge >= 0.3 is 6.03 Å². The fourth-order valence-electron chi connectivity index (χ4n) is 2.36. The number of halogens is 1. The van der Waals surface area contributed by atoms with E-state index in [1.54, 1.807) is 17.3 Å². The van der Waals surface area contributed by atoms with Crippen LogP contribution >= 0.6 is 15.9 Å². The Bertz CT molecular complexity index is 519. The zero-order valence-electron chi connectivity index (χ0n) is 11.9. The molecule has 7 heteroatoms. The van der Waals surface area contributed by atoms with Crippen molar-refractivity contribution in [2.75, 3.05) is 13.1 Å². The van der Waals surface area contributed by atoms with Crippen molar-refractivity contribution in [1.82, 2.24) is 20.2 Å². The van der Waals surface area contributed by atoms with Gasteiger partial charge in [-0.15, -0.1) is 0 Å². The first kappa shape index (κ1) is 15.7. The highest BCUT2D eigenvalue weighted by Gasteiger charge is 2.24. The van der Waals surface area contributed by atoms with Gasteiger partial charge in [0.15, 0.2) is 0 Å². The Balaban J connectivity index is 1.84. The van der Waals surface area contributed by atoms with Crippen molar-refractivity contribution in [3.63, 3.8) is 0 Å². The SMILES string of the molecule is CC(NC(=O)N1CCC(CC#N)CC1)c1ncc(Br)cn1. The summed E-state index contributed by atoms with van der Waals surface area (Å²) in [7, 11) is 0. The summed E-state index contributed by atoms with van der Waals surface area (Å²) in [6.07, 6.45) is 5.70. The molecule has 112 valence electrons. The van der Waals surface area contributed by atoms with E-state index < -0.39 is 0 Å². The fourth-order valence-corrected chi connectivity index (χ4v) is 2.56. The van der Waals surface area contributed by atoms with Gasteiger partial charge in [0.1, 0.15) is 5.82 Å². The summed E-state index contributed by atoms with van der Waals surface area (Å²) in [6.45, 7) is 3.27. The third-order valence-electron chi connectivity index (χ3n) is 3.65. The van der Waals surface area contributed by atoms with Crippen LogP contribution < -0.4 is 5.32 Å². The van der Waals surface area contributed by atoms with Gasteiger partial charge in [-0.25, -0.2) is 14.8 Å². The van der Waals surface area contributed by atoms with Crippen molar-refractivity contribution >= 4 is 22.0 Å². The third-order valence-corrected chi connectivity index (χ3v) is 4.06. The van der Waals surface area contributed by atoms with Crippen molar-refractivity contribution in [3.05, 3.63) is 22.7 Å². The van der Waals surface area contributed by atoms with Crippen molar-refractivity contribution < 1.29 is 4.79 Å². The van der Waals surface area contributed by atoms with Crippen LogP contribution in [0.3, 0.4) is 0 Å². The highest BCUT2D eigenvalue weighted by atomic mass is 79.9. The molecular weight excluding hydrogens is 334 g/mol. The van der Waals surface area contributed by atoms with Crippen LogP contribution in [-0.2, 0) is 0 Å². The number of nitriles is 1. The highest BCUT2D eigenvalue weighted by Crippen LogP contribution is 2.20. The molecule has 1 aromatic heterocycles. The predicted molar refractivity (Wildman–Crippen MR) is 81.2 cm³/mol. The fraction of sp³-hybridized carbons (Fsp3) is 0.571. The average molecular weight is 352 g/mol. The Kier molecular flexibility index (Phi) is 5.51. The van der Waals surface area contributed by atoms with Crippen LogP contribution in [0.25, 0.3) is 0 Å². The van der Waals surface area contributed by atoms with Gasteiger partial charge in [-0.2, -0.15) is 5.26 Å². The van der Waals surface area contributed by atoms with E-state index in [1.807, 2.05) is 6.92 Å². The van der Waals surface area contributed by atoms with Crippen molar-refractivity contribution in [3.8, 4) is 6.07 Å². The molecule has 0 spiro atoms. The van der Waals surface area contributed by atoms with E-state index in [2.05, 4.69) is 37.3 Å². The maximum absolute atomic E-state index is 12.2.